The molecule has 4 heteroatoms. The lowest BCUT2D eigenvalue weighted by Gasteiger charge is -2.26. The second-order valence-electron chi connectivity index (χ2n) is 4.31. The zero-order chi connectivity index (χ0) is 12.4. The third kappa shape index (κ3) is 2.33. The van der Waals surface area contributed by atoms with Crippen LogP contribution in [0.1, 0.15) is 23.7 Å². The Balaban J connectivity index is 2.29. The van der Waals surface area contributed by atoms with Gasteiger partial charge in [-0.05, 0) is 23.6 Å². The van der Waals surface area contributed by atoms with Gasteiger partial charge in [0.05, 0.1) is 6.61 Å². The predicted octanol–water partition coefficient (Wildman–Crippen LogP) is 1.28. The van der Waals surface area contributed by atoms with Crippen molar-refractivity contribution < 1.29 is 14.6 Å². The number of aliphatic hydroxyl groups excluding tert-OH is 1. The molecule has 0 aliphatic carbocycles. The van der Waals surface area contributed by atoms with E-state index in [1.54, 1.807) is 19.1 Å². The van der Waals surface area contributed by atoms with E-state index in [1.165, 1.54) is 0 Å². The van der Waals surface area contributed by atoms with Gasteiger partial charge < -0.3 is 14.7 Å². The van der Waals surface area contributed by atoms with E-state index in [9.17, 15) is 9.90 Å². The number of rotatable bonds is 3. The smallest absolute Gasteiger partial charge is 0.227 e. The van der Waals surface area contributed by atoms with E-state index in [0.717, 1.165) is 23.2 Å². The van der Waals surface area contributed by atoms with Gasteiger partial charge >= 0.3 is 0 Å². The van der Waals surface area contributed by atoms with Gasteiger partial charge in [-0.15, -0.1) is 0 Å². The molecule has 0 fully saturated rings. The summed E-state index contributed by atoms with van der Waals surface area (Å²) >= 11 is 0. The van der Waals surface area contributed by atoms with Gasteiger partial charge in [0, 0.05) is 26.3 Å². The number of amides is 1. The number of hydrogen-bond donors (Lipinski definition) is 1. The van der Waals surface area contributed by atoms with Gasteiger partial charge in [0.15, 0.2) is 0 Å². The molecule has 1 aliphatic rings. The van der Waals surface area contributed by atoms with Gasteiger partial charge in [-0.25, -0.2) is 0 Å². The van der Waals surface area contributed by atoms with Crippen LogP contribution >= 0.6 is 0 Å². The lowest BCUT2D eigenvalue weighted by Crippen LogP contribution is -2.31. The normalized spacial score (nSPS) is 16.9. The van der Waals surface area contributed by atoms with Crippen molar-refractivity contribution in [1.29, 1.82) is 0 Å². The third-order valence-electron chi connectivity index (χ3n) is 3.16. The van der Waals surface area contributed by atoms with Crippen molar-refractivity contribution in [3.8, 4) is 0 Å². The van der Waals surface area contributed by atoms with Gasteiger partial charge in [-0.3, -0.25) is 4.79 Å². The molecule has 1 N–H and O–H groups in total. The highest BCUT2D eigenvalue weighted by Gasteiger charge is 2.21. The van der Waals surface area contributed by atoms with E-state index in [-0.39, 0.29) is 12.5 Å². The summed E-state index contributed by atoms with van der Waals surface area (Å²) in [4.78, 5) is 13.2. The lowest BCUT2D eigenvalue weighted by atomic mass is 9.97. The Morgan fingerprint density at radius 3 is 2.94 bits per heavy atom. The molecule has 0 radical (unpaired) electrons. The van der Waals surface area contributed by atoms with E-state index in [1.807, 2.05) is 18.2 Å². The summed E-state index contributed by atoms with van der Waals surface area (Å²) < 4.78 is 4.93. The summed E-state index contributed by atoms with van der Waals surface area (Å²) in [5, 5.41) is 9.83. The van der Waals surface area contributed by atoms with Gasteiger partial charge in [-0.1, -0.05) is 12.1 Å². The van der Waals surface area contributed by atoms with Crippen molar-refractivity contribution in [2.45, 2.75) is 18.9 Å². The molecule has 92 valence electrons. The molecule has 17 heavy (non-hydrogen) atoms. The van der Waals surface area contributed by atoms with Gasteiger partial charge in [0.1, 0.15) is 6.10 Å². The number of aliphatic hydroxyl groups is 1. The minimum atomic E-state index is -0.603. The van der Waals surface area contributed by atoms with E-state index >= 15 is 0 Å². The van der Waals surface area contributed by atoms with Crippen molar-refractivity contribution in [3.63, 3.8) is 0 Å². The quantitative estimate of drug-likeness (QED) is 0.858. The summed E-state index contributed by atoms with van der Waals surface area (Å²) in [6, 6.07) is 5.69. The van der Waals surface area contributed by atoms with Crippen molar-refractivity contribution in [1.82, 2.24) is 0 Å². The molecule has 1 heterocycles. The number of methoxy groups -OCH3 is 1. The number of anilines is 1. The number of carbonyl (C=O) groups excluding carboxylic acids is 1. The van der Waals surface area contributed by atoms with Crippen molar-refractivity contribution in [2.75, 3.05) is 25.7 Å². The first-order chi connectivity index (χ1) is 8.13. The van der Waals surface area contributed by atoms with Crippen LogP contribution in [0.25, 0.3) is 0 Å². The largest absolute Gasteiger partial charge is 0.386 e. The van der Waals surface area contributed by atoms with Gasteiger partial charge in [-0.2, -0.15) is 0 Å². The molecule has 1 aliphatic heterocycles. The Morgan fingerprint density at radius 2 is 2.24 bits per heavy atom. The lowest BCUT2D eigenvalue weighted by molar-refractivity contribution is -0.118. The summed E-state index contributed by atoms with van der Waals surface area (Å²) in [6.07, 6.45) is 0.674. The SMILES string of the molecule is COCC(O)c1ccc2c(c1)CCC(=O)N2C. The highest BCUT2D eigenvalue weighted by atomic mass is 16.5. The monoisotopic (exact) mass is 235 g/mol. The van der Waals surface area contributed by atoms with Crippen LogP contribution in [0.5, 0.6) is 0 Å². The van der Waals surface area contributed by atoms with Crippen LogP contribution in [0.4, 0.5) is 5.69 Å². The first-order valence-electron chi connectivity index (χ1n) is 5.70. The second kappa shape index (κ2) is 4.85. The van der Waals surface area contributed by atoms with E-state index in [2.05, 4.69) is 0 Å². The number of carbonyl (C=O) groups is 1. The fourth-order valence-electron chi connectivity index (χ4n) is 2.14. The fraction of sp³-hybridized carbons (Fsp3) is 0.462. The molecule has 0 spiro atoms. The summed E-state index contributed by atoms with van der Waals surface area (Å²) in [5.74, 6) is 0.141. The number of ether oxygens (including phenoxy) is 1. The minimum Gasteiger partial charge on any atom is -0.386 e. The van der Waals surface area contributed by atoms with Crippen LogP contribution in [0, 0.1) is 0 Å². The Bertz CT molecular complexity index is 431. The molecule has 0 aromatic heterocycles. The van der Waals surface area contributed by atoms with Crippen molar-refractivity contribution in [2.24, 2.45) is 0 Å². The molecule has 2 rings (SSSR count). The molecule has 0 bridgehead atoms. The van der Waals surface area contributed by atoms with Crippen LogP contribution in [-0.4, -0.2) is 31.8 Å². The molecule has 4 nitrogen and oxygen atoms in total. The van der Waals surface area contributed by atoms with Gasteiger partial charge in [0.2, 0.25) is 5.91 Å². The fourth-order valence-corrected chi connectivity index (χ4v) is 2.14. The van der Waals surface area contributed by atoms with E-state index in [4.69, 9.17) is 4.74 Å². The Labute approximate surface area is 101 Å². The third-order valence-corrected chi connectivity index (χ3v) is 3.16. The van der Waals surface area contributed by atoms with Crippen LogP contribution in [0.15, 0.2) is 18.2 Å². The molecule has 1 aromatic carbocycles. The molecule has 0 saturated heterocycles. The Morgan fingerprint density at radius 1 is 1.47 bits per heavy atom. The summed E-state index contributed by atoms with van der Waals surface area (Å²) in [5.41, 5.74) is 2.89. The summed E-state index contributed by atoms with van der Waals surface area (Å²) in [6.45, 7) is 0.285. The highest BCUT2D eigenvalue weighted by Crippen LogP contribution is 2.29. The molecular formula is C13H17NO3. The first-order valence-corrected chi connectivity index (χ1v) is 5.70. The molecule has 0 saturated carbocycles. The van der Waals surface area contributed by atoms with E-state index in [0.29, 0.717) is 6.42 Å². The van der Waals surface area contributed by atoms with Crippen LogP contribution in [-0.2, 0) is 16.0 Å². The summed E-state index contributed by atoms with van der Waals surface area (Å²) in [7, 11) is 3.35. The maximum Gasteiger partial charge on any atom is 0.227 e. The number of fused-ring (bicyclic) bond motifs is 1. The zero-order valence-corrected chi connectivity index (χ0v) is 10.1. The maximum absolute atomic E-state index is 11.5. The predicted molar refractivity (Wildman–Crippen MR) is 65.0 cm³/mol. The van der Waals surface area contributed by atoms with E-state index < -0.39 is 6.10 Å². The number of nitrogens with zero attached hydrogens (tertiary/aromatic N) is 1. The standard InChI is InChI=1S/C13H17NO3/c1-14-11-5-3-10(12(15)8-17-2)7-9(11)4-6-13(14)16/h3,5,7,12,15H,4,6,8H2,1-2H3. The zero-order valence-electron chi connectivity index (χ0n) is 10.1. The number of hydrogen-bond acceptors (Lipinski definition) is 3. The minimum absolute atomic E-state index is 0.141. The van der Waals surface area contributed by atoms with Crippen LogP contribution < -0.4 is 4.90 Å². The van der Waals surface area contributed by atoms with Crippen molar-refractivity contribution >= 4 is 11.6 Å². The topological polar surface area (TPSA) is 49.8 Å². The van der Waals surface area contributed by atoms with Crippen molar-refractivity contribution in [3.05, 3.63) is 29.3 Å². The molecule has 1 aromatic rings. The first kappa shape index (κ1) is 12.1. The van der Waals surface area contributed by atoms with Gasteiger partial charge in [0.25, 0.3) is 0 Å². The number of benzene rings is 1. The highest BCUT2D eigenvalue weighted by molar-refractivity contribution is 5.95. The Hall–Kier alpha value is -1.39. The average molecular weight is 235 g/mol. The van der Waals surface area contributed by atoms with Crippen LogP contribution in [0.3, 0.4) is 0 Å². The van der Waals surface area contributed by atoms with Crippen LogP contribution in [0.2, 0.25) is 0 Å². The maximum atomic E-state index is 11.5. The molecular weight excluding hydrogens is 218 g/mol. The molecule has 1 unspecified atom stereocenters. The number of aryl methyl sites for hydroxylation is 1. The molecule has 1 amide bonds. The average Bonchev–Trinajstić information content (AvgIpc) is 2.34. The molecule has 1 atom stereocenters. The second-order valence-corrected chi connectivity index (χ2v) is 4.31. The Kier molecular flexibility index (Phi) is 3.45.